The predicted octanol–water partition coefficient (Wildman–Crippen LogP) is 2.84. The highest BCUT2D eigenvalue weighted by Gasteiger charge is 2.12. The molecule has 0 aliphatic carbocycles. The van der Waals surface area contributed by atoms with E-state index in [1.165, 1.54) is 13.0 Å². The molecular weight excluding hydrogens is 266 g/mol. The molecule has 0 spiro atoms. The molecule has 104 valence electrons. The fourth-order valence-corrected chi connectivity index (χ4v) is 1.64. The highest BCUT2D eigenvalue weighted by molar-refractivity contribution is 6.31. The highest BCUT2D eigenvalue weighted by atomic mass is 35.5. The number of nitrogens with one attached hydrogen (secondary N) is 1. The van der Waals surface area contributed by atoms with E-state index in [0.29, 0.717) is 16.3 Å². The van der Waals surface area contributed by atoms with E-state index in [1.54, 1.807) is 12.1 Å². The van der Waals surface area contributed by atoms with Crippen LogP contribution in [0.5, 0.6) is 5.75 Å². The zero-order valence-corrected chi connectivity index (χ0v) is 12.1. The molecule has 0 unspecified atom stereocenters. The molecule has 0 aliphatic rings. The maximum absolute atomic E-state index is 11.6. The van der Waals surface area contributed by atoms with E-state index in [-0.39, 0.29) is 24.3 Å². The zero-order chi connectivity index (χ0) is 14.4. The summed E-state index contributed by atoms with van der Waals surface area (Å²) in [6.07, 6.45) is 0.853. The first kappa shape index (κ1) is 15.5. The van der Waals surface area contributed by atoms with Gasteiger partial charge in [0.25, 0.3) is 5.91 Å². The largest absolute Gasteiger partial charge is 0.483 e. The van der Waals surface area contributed by atoms with Crippen LogP contribution in [0.25, 0.3) is 0 Å². The maximum Gasteiger partial charge on any atom is 0.258 e. The van der Waals surface area contributed by atoms with Crippen LogP contribution in [0.2, 0.25) is 5.02 Å². The van der Waals surface area contributed by atoms with Gasteiger partial charge in [0.15, 0.2) is 12.4 Å². The van der Waals surface area contributed by atoms with Crippen LogP contribution in [0.15, 0.2) is 18.2 Å². The highest BCUT2D eigenvalue weighted by Crippen LogP contribution is 2.23. The van der Waals surface area contributed by atoms with Crippen LogP contribution in [0.4, 0.5) is 0 Å². The molecule has 5 heteroatoms. The second-order valence-electron chi connectivity index (χ2n) is 4.36. The smallest absolute Gasteiger partial charge is 0.258 e. The van der Waals surface area contributed by atoms with Gasteiger partial charge in [0.1, 0.15) is 5.75 Å². The Morgan fingerprint density at radius 3 is 2.68 bits per heavy atom. The van der Waals surface area contributed by atoms with Gasteiger partial charge in [-0.2, -0.15) is 0 Å². The second-order valence-corrected chi connectivity index (χ2v) is 4.80. The molecular formula is C14H18ClNO3. The molecule has 1 N–H and O–H groups in total. The third-order valence-corrected chi connectivity index (χ3v) is 2.93. The number of ketones is 1. The molecule has 0 bridgehead atoms. The number of hydrogen-bond acceptors (Lipinski definition) is 3. The Kier molecular flexibility index (Phi) is 5.83. The van der Waals surface area contributed by atoms with E-state index in [4.69, 9.17) is 16.3 Å². The number of ether oxygens (including phenoxy) is 1. The molecule has 0 aromatic heterocycles. The van der Waals surface area contributed by atoms with Gasteiger partial charge in [-0.15, -0.1) is 0 Å². The Balaban J connectivity index is 2.67. The number of Topliss-reactive ketones (excluding diaryl/α,β-unsaturated/α-hetero) is 1. The lowest BCUT2D eigenvalue weighted by Crippen LogP contribution is -2.35. The van der Waals surface area contributed by atoms with Crippen molar-refractivity contribution in [3.63, 3.8) is 0 Å². The van der Waals surface area contributed by atoms with Crippen molar-refractivity contribution in [1.82, 2.24) is 5.32 Å². The summed E-state index contributed by atoms with van der Waals surface area (Å²) in [5.74, 6) is 0.00911. The Bertz CT molecular complexity index is 474. The molecule has 1 aromatic carbocycles. The molecule has 0 radical (unpaired) electrons. The summed E-state index contributed by atoms with van der Waals surface area (Å²) in [5, 5.41) is 3.24. The fourth-order valence-electron chi connectivity index (χ4n) is 1.47. The summed E-state index contributed by atoms with van der Waals surface area (Å²) in [7, 11) is 0. The van der Waals surface area contributed by atoms with Gasteiger partial charge in [0, 0.05) is 11.1 Å². The van der Waals surface area contributed by atoms with E-state index < -0.39 is 0 Å². The molecule has 0 heterocycles. The molecule has 1 rings (SSSR count). The molecule has 0 fully saturated rings. The van der Waals surface area contributed by atoms with E-state index in [0.717, 1.165) is 6.42 Å². The number of carbonyl (C=O) groups excluding carboxylic acids is 2. The van der Waals surface area contributed by atoms with Gasteiger partial charge >= 0.3 is 0 Å². The van der Waals surface area contributed by atoms with Crippen LogP contribution in [0.3, 0.4) is 0 Å². The normalized spacial score (nSPS) is 11.8. The number of rotatable bonds is 6. The van der Waals surface area contributed by atoms with Gasteiger partial charge in [-0.25, -0.2) is 0 Å². The minimum Gasteiger partial charge on any atom is -0.483 e. The van der Waals surface area contributed by atoms with Crippen LogP contribution in [-0.4, -0.2) is 24.3 Å². The summed E-state index contributed by atoms with van der Waals surface area (Å²) < 4.78 is 5.37. The number of hydrogen-bond donors (Lipinski definition) is 1. The lowest BCUT2D eigenvalue weighted by molar-refractivity contribution is -0.123. The second kappa shape index (κ2) is 7.14. The summed E-state index contributed by atoms with van der Waals surface area (Å²) in [6, 6.07) is 4.85. The van der Waals surface area contributed by atoms with Gasteiger partial charge in [0.2, 0.25) is 0 Å². The first-order valence-corrected chi connectivity index (χ1v) is 6.54. The van der Waals surface area contributed by atoms with Crippen molar-refractivity contribution in [2.24, 2.45) is 0 Å². The van der Waals surface area contributed by atoms with Crippen molar-refractivity contribution >= 4 is 23.3 Å². The Morgan fingerprint density at radius 2 is 2.11 bits per heavy atom. The number of benzene rings is 1. The average Bonchev–Trinajstić information content (AvgIpc) is 2.36. The molecule has 1 atom stereocenters. The van der Waals surface area contributed by atoms with E-state index >= 15 is 0 Å². The van der Waals surface area contributed by atoms with Crippen molar-refractivity contribution in [3.8, 4) is 5.75 Å². The monoisotopic (exact) mass is 283 g/mol. The summed E-state index contributed by atoms with van der Waals surface area (Å²) >= 11 is 5.82. The molecule has 1 amide bonds. The molecule has 4 nitrogen and oxygen atoms in total. The quantitative estimate of drug-likeness (QED) is 0.817. The van der Waals surface area contributed by atoms with Crippen LogP contribution in [0.1, 0.15) is 37.6 Å². The Labute approximate surface area is 118 Å². The van der Waals surface area contributed by atoms with E-state index in [2.05, 4.69) is 5.32 Å². The number of amides is 1. The first-order valence-electron chi connectivity index (χ1n) is 6.16. The Morgan fingerprint density at radius 1 is 1.42 bits per heavy atom. The van der Waals surface area contributed by atoms with Crippen molar-refractivity contribution in [1.29, 1.82) is 0 Å². The number of halogens is 1. The summed E-state index contributed by atoms with van der Waals surface area (Å²) in [6.45, 7) is 5.21. The van der Waals surface area contributed by atoms with Crippen LogP contribution in [-0.2, 0) is 4.79 Å². The molecule has 0 saturated carbocycles. The molecule has 0 saturated heterocycles. The third kappa shape index (κ3) is 4.91. The van der Waals surface area contributed by atoms with Gasteiger partial charge in [-0.1, -0.05) is 18.5 Å². The standard InChI is InChI=1S/C14H18ClNO3/c1-4-9(2)16-14(18)8-19-13-6-5-11(15)7-12(13)10(3)17/h5-7,9H,4,8H2,1-3H3,(H,16,18)/t9-/m1/s1. The summed E-state index contributed by atoms with van der Waals surface area (Å²) in [4.78, 5) is 23.0. The third-order valence-electron chi connectivity index (χ3n) is 2.70. The Hall–Kier alpha value is -1.55. The van der Waals surface area contributed by atoms with Gasteiger partial charge in [-0.3, -0.25) is 9.59 Å². The lowest BCUT2D eigenvalue weighted by atomic mass is 10.1. The predicted molar refractivity (Wildman–Crippen MR) is 74.8 cm³/mol. The molecule has 1 aromatic rings. The van der Waals surface area contributed by atoms with Crippen LogP contribution < -0.4 is 10.1 Å². The van der Waals surface area contributed by atoms with Crippen molar-refractivity contribution in [2.45, 2.75) is 33.2 Å². The van der Waals surface area contributed by atoms with Crippen molar-refractivity contribution in [3.05, 3.63) is 28.8 Å². The topological polar surface area (TPSA) is 55.4 Å². The fraction of sp³-hybridized carbons (Fsp3) is 0.429. The minimum atomic E-state index is -0.209. The number of carbonyl (C=O) groups is 2. The maximum atomic E-state index is 11.6. The van der Waals surface area contributed by atoms with Gasteiger partial charge in [0.05, 0.1) is 5.56 Å². The van der Waals surface area contributed by atoms with Gasteiger partial charge < -0.3 is 10.1 Å². The lowest BCUT2D eigenvalue weighted by Gasteiger charge is -2.13. The SMILES string of the molecule is CC[C@@H](C)NC(=O)COc1ccc(Cl)cc1C(C)=O. The summed E-state index contributed by atoms with van der Waals surface area (Å²) in [5.41, 5.74) is 0.379. The van der Waals surface area contributed by atoms with E-state index in [9.17, 15) is 9.59 Å². The average molecular weight is 284 g/mol. The first-order chi connectivity index (χ1) is 8.93. The zero-order valence-electron chi connectivity index (χ0n) is 11.3. The van der Waals surface area contributed by atoms with Crippen molar-refractivity contribution in [2.75, 3.05) is 6.61 Å². The molecule has 19 heavy (non-hydrogen) atoms. The van der Waals surface area contributed by atoms with Gasteiger partial charge in [-0.05, 0) is 38.5 Å². The van der Waals surface area contributed by atoms with Crippen molar-refractivity contribution < 1.29 is 14.3 Å². The minimum absolute atomic E-state index is 0.105. The van der Waals surface area contributed by atoms with E-state index in [1.807, 2.05) is 13.8 Å². The van der Waals surface area contributed by atoms with Crippen LogP contribution in [0, 0.1) is 0 Å². The molecule has 0 aliphatic heterocycles. The van der Waals surface area contributed by atoms with Crippen LogP contribution >= 0.6 is 11.6 Å².